The Labute approximate surface area is 185 Å². The number of carbonyl (C=O) groups excluding carboxylic acids is 1. The predicted molar refractivity (Wildman–Crippen MR) is 125 cm³/mol. The van der Waals surface area contributed by atoms with E-state index in [0.717, 1.165) is 23.8 Å². The van der Waals surface area contributed by atoms with Gasteiger partial charge >= 0.3 is 0 Å². The Morgan fingerprint density at radius 1 is 1.09 bits per heavy atom. The van der Waals surface area contributed by atoms with Crippen LogP contribution in [-0.4, -0.2) is 43.6 Å². The maximum Gasteiger partial charge on any atom is 0.245 e. The van der Waals surface area contributed by atoms with Gasteiger partial charge in [0.25, 0.3) is 0 Å². The van der Waals surface area contributed by atoms with Crippen LogP contribution in [0.1, 0.15) is 30.1 Å². The monoisotopic (exact) mass is 422 g/mol. The number of nitrogens with two attached hydrogens (primary N) is 1. The van der Waals surface area contributed by atoms with Crippen molar-refractivity contribution in [2.24, 2.45) is 0 Å². The van der Waals surface area contributed by atoms with E-state index in [4.69, 9.17) is 10.8 Å². The van der Waals surface area contributed by atoms with Crippen molar-refractivity contribution in [3.63, 3.8) is 0 Å². The van der Waals surface area contributed by atoms with E-state index < -0.39 is 0 Å². The van der Waals surface area contributed by atoms with Crippen molar-refractivity contribution in [1.29, 1.82) is 0 Å². The zero-order chi connectivity index (χ0) is 22.1. The van der Waals surface area contributed by atoms with Gasteiger partial charge in [-0.15, -0.1) is 0 Å². The molecule has 158 valence electrons. The lowest BCUT2D eigenvalue weighted by atomic mass is 10.1. The number of carbonyl (C=O) groups is 1. The molecule has 0 saturated carbocycles. The van der Waals surface area contributed by atoms with Crippen LogP contribution in [0.3, 0.4) is 0 Å². The summed E-state index contributed by atoms with van der Waals surface area (Å²) < 4.78 is 1.90. The van der Waals surface area contributed by atoms with Gasteiger partial charge in [0, 0.05) is 18.7 Å². The van der Waals surface area contributed by atoms with E-state index >= 15 is 0 Å². The molecule has 4 aromatic rings. The average molecular weight is 422 g/mol. The van der Waals surface area contributed by atoms with Crippen LogP contribution in [0.5, 0.6) is 0 Å². The molecule has 0 atom stereocenters. The molecule has 7 heteroatoms. The van der Waals surface area contributed by atoms with Gasteiger partial charge in [0.05, 0.1) is 11.4 Å². The largest absolute Gasteiger partial charge is 0.383 e. The van der Waals surface area contributed by atoms with Crippen molar-refractivity contribution in [1.82, 2.24) is 24.6 Å². The molecule has 1 saturated heterocycles. The summed E-state index contributed by atoms with van der Waals surface area (Å²) in [6.45, 7) is 4.87. The standard InChI is InChI=1S/C25H22N6O/c1-2-22(32)30-13-11-20(12-14-30)31-25-23(24(26)27-16-28-25)21(29-31)10-8-17-7-9-18-5-3-4-6-19(18)15-17/h2-7,9,15-16,20H,1,11-14H2,(H2,26,27,28). The van der Waals surface area contributed by atoms with Gasteiger partial charge < -0.3 is 10.6 Å². The van der Waals surface area contributed by atoms with Gasteiger partial charge in [-0.3, -0.25) is 4.79 Å². The van der Waals surface area contributed by atoms with Gasteiger partial charge in [-0.2, -0.15) is 5.10 Å². The van der Waals surface area contributed by atoms with E-state index in [2.05, 4.69) is 52.7 Å². The quantitative estimate of drug-likeness (QED) is 0.395. The summed E-state index contributed by atoms with van der Waals surface area (Å²) in [7, 11) is 0. The third-order valence-corrected chi connectivity index (χ3v) is 5.89. The molecule has 3 heterocycles. The zero-order valence-electron chi connectivity index (χ0n) is 17.5. The second kappa shape index (κ2) is 8.16. The molecular weight excluding hydrogens is 400 g/mol. The molecule has 1 amide bonds. The van der Waals surface area contributed by atoms with E-state index in [1.165, 1.54) is 17.8 Å². The van der Waals surface area contributed by atoms with Gasteiger partial charge in [-0.25, -0.2) is 14.6 Å². The van der Waals surface area contributed by atoms with Crippen molar-refractivity contribution in [3.05, 3.63) is 72.7 Å². The van der Waals surface area contributed by atoms with Gasteiger partial charge in [0.15, 0.2) is 5.65 Å². The maximum atomic E-state index is 11.9. The summed E-state index contributed by atoms with van der Waals surface area (Å²) in [5, 5.41) is 7.76. The van der Waals surface area contributed by atoms with Gasteiger partial charge in [0.2, 0.25) is 5.91 Å². The number of piperidine rings is 1. The third-order valence-electron chi connectivity index (χ3n) is 5.89. The van der Waals surface area contributed by atoms with Crippen LogP contribution in [-0.2, 0) is 4.79 Å². The Bertz CT molecular complexity index is 1400. The number of nitrogen functional groups attached to an aromatic ring is 1. The van der Waals surface area contributed by atoms with Crippen molar-refractivity contribution < 1.29 is 4.79 Å². The summed E-state index contributed by atoms with van der Waals surface area (Å²) in [4.78, 5) is 22.3. The molecule has 1 fully saturated rings. The van der Waals surface area contributed by atoms with Crippen LogP contribution in [0.25, 0.3) is 21.8 Å². The number of fused-ring (bicyclic) bond motifs is 2. The maximum absolute atomic E-state index is 11.9. The Hall–Kier alpha value is -4.18. The van der Waals surface area contributed by atoms with Gasteiger partial charge in [-0.05, 0) is 47.7 Å². The Morgan fingerprint density at radius 3 is 2.66 bits per heavy atom. The second-order valence-electron chi connectivity index (χ2n) is 7.82. The fourth-order valence-corrected chi connectivity index (χ4v) is 4.20. The minimum Gasteiger partial charge on any atom is -0.383 e. The molecule has 0 aliphatic carbocycles. The first-order valence-electron chi connectivity index (χ1n) is 10.5. The summed E-state index contributed by atoms with van der Waals surface area (Å²) in [5.74, 6) is 6.73. The number of amides is 1. The van der Waals surface area contributed by atoms with Crippen molar-refractivity contribution >= 4 is 33.5 Å². The molecular formula is C25H22N6O. The number of benzene rings is 2. The summed E-state index contributed by atoms with van der Waals surface area (Å²) in [6.07, 6.45) is 4.36. The van der Waals surface area contributed by atoms with E-state index in [9.17, 15) is 4.79 Å². The lowest BCUT2D eigenvalue weighted by Crippen LogP contribution is -2.38. The smallest absolute Gasteiger partial charge is 0.245 e. The number of hydrogen-bond donors (Lipinski definition) is 1. The zero-order valence-corrected chi connectivity index (χ0v) is 17.5. The molecule has 1 aliphatic rings. The summed E-state index contributed by atoms with van der Waals surface area (Å²) in [5.41, 5.74) is 8.33. The van der Waals surface area contributed by atoms with E-state index in [0.29, 0.717) is 35.6 Å². The predicted octanol–water partition coefficient (Wildman–Crippen LogP) is 3.31. The molecule has 5 rings (SSSR count). The molecule has 2 aromatic carbocycles. The highest BCUT2D eigenvalue weighted by molar-refractivity contribution is 5.91. The fourth-order valence-electron chi connectivity index (χ4n) is 4.20. The molecule has 2 N–H and O–H groups in total. The normalized spacial score (nSPS) is 14.3. The number of rotatable bonds is 2. The van der Waals surface area contributed by atoms with Gasteiger partial charge in [-0.1, -0.05) is 42.8 Å². The fraction of sp³-hybridized carbons (Fsp3) is 0.200. The molecule has 32 heavy (non-hydrogen) atoms. The Kier molecular flexibility index (Phi) is 5.04. The number of hydrogen-bond acceptors (Lipinski definition) is 5. The molecule has 0 unspecified atom stereocenters. The van der Waals surface area contributed by atoms with Gasteiger partial charge in [0.1, 0.15) is 17.8 Å². The van der Waals surface area contributed by atoms with Crippen LogP contribution in [0.15, 0.2) is 61.4 Å². The molecule has 0 bridgehead atoms. The van der Waals surface area contributed by atoms with Crippen molar-refractivity contribution in [3.8, 4) is 11.8 Å². The number of likely N-dealkylation sites (tertiary alicyclic amines) is 1. The number of anilines is 1. The Balaban J connectivity index is 1.50. The van der Waals surface area contributed by atoms with E-state index in [1.807, 2.05) is 22.9 Å². The molecule has 2 aromatic heterocycles. The van der Waals surface area contributed by atoms with E-state index in [-0.39, 0.29) is 11.9 Å². The van der Waals surface area contributed by atoms with Crippen molar-refractivity contribution in [2.75, 3.05) is 18.8 Å². The average Bonchev–Trinajstić information content (AvgIpc) is 3.22. The Morgan fingerprint density at radius 2 is 1.88 bits per heavy atom. The van der Waals surface area contributed by atoms with Crippen LogP contribution in [0.4, 0.5) is 5.82 Å². The topological polar surface area (TPSA) is 89.9 Å². The van der Waals surface area contributed by atoms with Crippen LogP contribution in [0.2, 0.25) is 0 Å². The third kappa shape index (κ3) is 3.56. The minimum absolute atomic E-state index is 0.0396. The highest BCUT2D eigenvalue weighted by Gasteiger charge is 2.26. The highest BCUT2D eigenvalue weighted by atomic mass is 16.2. The summed E-state index contributed by atoms with van der Waals surface area (Å²) >= 11 is 0. The first-order valence-corrected chi connectivity index (χ1v) is 10.5. The van der Waals surface area contributed by atoms with Crippen molar-refractivity contribution in [2.45, 2.75) is 18.9 Å². The first-order chi connectivity index (χ1) is 15.6. The van der Waals surface area contributed by atoms with Crippen LogP contribution in [0, 0.1) is 11.8 Å². The minimum atomic E-state index is -0.0396. The van der Waals surface area contributed by atoms with E-state index in [1.54, 1.807) is 4.90 Å². The molecule has 1 aliphatic heterocycles. The van der Waals surface area contributed by atoms with Crippen LogP contribution < -0.4 is 5.73 Å². The second-order valence-corrected chi connectivity index (χ2v) is 7.82. The van der Waals surface area contributed by atoms with Crippen LogP contribution >= 0.6 is 0 Å². The lowest BCUT2D eigenvalue weighted by molar-refractivity contribution is -0.127. The SMILES string of the molecule is C=CC(=O)N1CCC(n2nc(C#Cc3ccc4ccccc4c3)c3c(N)ncnc32)CC1. The lowest BCUT2D eigenvalue weighted by Gasteiger charge is -2.31. The molecule has 7 nitrogen and oxygen atoms in total. The number of aromatic nitrogens is 4. The molecule has 0 radical (unpaired) electrons. The summed E-state index contributed by atoms with van der Waals surface area (Å²) in [6, 6.07) is 14.4. The molecule has 0 spiro atoms. The highest BCUT2D eigenvalue weighted by Crippen LogP contribution is 2.29. The first kappa shape index (κ1) is 19.8. The number of nitrogens with zero attached hydrogens (tertiary/aromatic N) is 5.